The number of likely N-dealkylation sites (tertiary alicyclic amines) is 1. The van der Waals surface area contributed by atoms with Crippen LogP contribution < -0.4 is 4.72 Å². The molecule has 1 aliphatic heterocycles. The molecule has 11 heteroatoms. The van der Waals surface area contributed by atoms with Crippen molar-refractivity contribution >= 4 is 21.8 Å². The summed E-state index contributed by atoms with van der Waals surface area (Å²) in [6, 6.07) is 4.06. The molecular weight excluding hydrogens is 398 g/mol. The van der Waals surface area contributed by atoms with Crippen LogP contribution in [-0.4, -0.2) is 57.0 Å². The Labute approximate surface area is 155 Å². The summed E-state index contributed by atoms with van der Waals surface area (Å²) in [5.41, 5.74) is 0.0549. The lowest BCUT2D eigenvalue weighted by atomic mass is 10.1. The lowest BCUT2D eigenvalue weighted by Crippen LogP contribution is -2.41. The molecule has 0 aromatic heterocycles. The Morgan fingerprint density at radius 2 is 2.08 bits per heavy atom. The molecule has 0 amide bonds. The molecule has 0 saturated carbocycles. The summed E-state index contributed by atoms with van der Waals surface area (Å²) in [4.78, 5) is 1.25. The van der Waals surface area contributed by atoms with Crippen LogP contribution in [0.25, 0.3) is 0 Å². The SMILES string of the molecule is CN(Cc1c(F)cccc1Cl)S(=O)(=O)NCC1CCN(CC(F)(F)F)C1. The molecule has 1 aromatic rings. The highest BCUT2D eigenvalue weighted by atomic mass is 35.5. The largest absolute Gasteiger partial charge is 0.401 e. The molecule has 0 bridgehead atoms. The first-order valence-electron chi connectivity index (χ1n) is 7.91. The van der Waals surface area contributed by atoms with Gasteiger partial charge in [-0.05, 0) is 31.0 Å². The van der Waals surface area contributed by atoms with Gasteiger partial charge in [0.1, 0.15) is 5.82 Å². The van der Waals surface area contributed by atoms with Gasteiger partial charge in [0.2, 0.25) is 0 Å². The number of benzene rings is 1. The zero-order chi connectivity index (χ0) is 19.5. The third-order valence-electron chi connectivity index (χ3n) is 4.18. The topological polar surface area (TPSA) is 52.7 Å². The third-order valence-corrected chi connectivity index (χ3v) is 6.02. The molecule has 2 rings (SSSR count). The van der Waals surface area contributed by atoms with Gasteiger partial charge in [-0.2, -0.15) is 25.9 Å². The molecule has 1 atom stereocenters. The number of nitrogens with zero attached hydrogens (tertiary/aromatic N) is 2. The van der Waals surface area contributed by atoms with Gasteiger partial charge in [-0.15, -0.1) is 0 Å². The van der Waals surface area contributed by atoms with E-state index in [1.165, 1.54) is 30.1 Å². The van der Waals surface area contributed by atoms with Crippen LogP contribution >= 0.6 is 11.6 Å². The van der Waals surface area contributed by atoms with Crippen LogP contribution in [0.2, 0.25) is 5.02 Å². The van der Waals surface area contributed by atoms with Crippen molar-refractivity contribution in [2.75, 3.05) is 33.2 Å². The normalized spacial score (nSPS) is 19.4. The molecule has 1 fully saturated rings. The Balaban J connectivity index is 1.89. The zero-order valence-corrected chi connectivity index (χ0v) is 15.6. The van der Waals surface area contributed by atoms with Crippen LogP contribution in [0.15, 0.2) is 18.2 Å². The molecule has 26 heavy (non-hydrogen) atoms. The fourth-order valence-corrected chi connectivity index (χ4v) is 3.99. The standard InChI is InChI=1S/C15H20ClF4N3O2S/c1-22(9-12-13(16)3-2-4-14(12)17)26(24,25)21-7-11-5-6-23(8-11)10-15(18,19)20/h2-4,11,21H,5-10H2,1H3. The van der Waals surface area contributed by atoms with E-state index in [0.717, 1.165) is 4.31 Å². The summed E-state index contributed by atoms with van der Waals surface area (Å²) in [7, 11) is -2.64. The molecule has 5 nitrogen and oxygen atoms in total. The second kappa shape index (κ2) is 8.39. The number of hydrogen-bond acceptors (Lipinski definition) is 3. The summed E-state index contributed by atoms with van der Waals surface area (Å²) in [5.74, 6) is -0.823. The quantitative estimate of drug-likeness (QED) is 0.694. The van der Waals surface area contributed by atoms with E-state index >= 15 is 0 Å². The van der Waals surface area contributed by atoms with E-state index in [1.54, 1.807) is 0 Å². The van der Waals surface area contributed by atoms with Gasteiger partial charge >= 0.3 is 6.18 Å². The Bertz CT molecular complexity index is 710. The lowest BCUT2D eigenvalue weighted by Gasteiger charge is -2.21. The van der Waals surface area contributed by atoms with Crippen molar-refractivity contribution in [3.63, 3.8) is 0 Å². The van der Waals surface area contributed by atoms with Crippen LogP contribution in [-0.2, 0) is 16.8 Å². The lowest BCUT2D eigenvalue weighted by molar-refractivity contribution is -0.143. The Kier molecular flexibility index (Phi) is 6.89. The zero-order valence-electron chi connectivity index (χ0n) is 14.1. The first kappa shape index (κ1) is 21.4. The monoisotopic (exact) mass is 417 g/mol. The molecule has 1 aliphatic rings. The third kappa shape index (κ3) is 6.05. The van der Waals surface area contributed by atoms with Crippen LogP contribution in [0, 0.1) is 11.7 Å². The van der Waals surface area contributed by atoms with Gasteiger partial charge in [0.05, 0.1) is 6.54 Å². The van der Waals surface area contributed by atoms with Crippen LogP contribution in [0.3, 0.4) is 0 Å². The molecule has 1 aromatic carbocycles. The highest BCUT2D eigenvalue weighted by molar-refractivity contribution is 7.87. The minimum absolute atomic E-state index is 0.0199. The van der Waals surface area contributed by atoms with Crippen molar-refractivity contribution in [3.05, 3.63) is 34.6 Å². The molecule has 1 saturated heterocycles. The molecule has 1 N–H and O–H groups in total. The summed E-state index contributed by atoms with van der Waals surface area (Å²) >= 11 is 5.89. The molecule has 1 heterocycles. The average Bonchev–Trinajstić information content (AvgIpc) is 2.94. The number of alkyl halides is 3. The summed E-state index contributed by atoms with van der Waals surface area (Å²) in [6.07, 6.45) is -3.80. The van der Waals surface area contributed by atoms with Crippen molar-refractivity contribution in [3.8, 4) is 0 Å². The van der Waals surface area contributed by atoms with Crippen molar-refractivity contribution in [1.29, 1.82) is 0 Å². The number of rotatable bonds is 7. The minimum Gasteiger partial charge on any atom is -0.295 e. The highest BCUT2D eigenvalue weighted by Gasteiger charge is 2.34. The van der Waals surface area contributed by atoms with E-state index < -0.39 is 28.7 Å². The van der Waals surface area contributed by atoms with E-state index in [1.807, 2.05) is 0 Å². The van der Waals surface area contributed by atoms with E-state index in [0.29, 0.717) is 6.42 Å². The predicted octanol–water partition coefficient (Wildman–Crippen LogP) is 2.63. The first-order chi connectivity index (χ1) is 12.0. The number of hydrogen-bond donors (Lipinski definition) is 1. The van der Waals surface area contributed by atoms with Crippen LogP contribution in [0.1, 0.15) is 12.0 Å². The molecule has 0 radical (unpaired) electrons. The van der Waals surface area contributed by atoms with Crippen molar-refractivity contribution in [1.82, 2.24) is 13.9 Å². The molecule has 0 aliphatic carbocycles. The predicted molar refractivity (Wildman–Crippen MR) is 90.4 cm³/mol. The number of halogens is 5. The molecule has 148 valence electrons. The molecule has 0 spiro atoms. The maximum absolute atomic E-state index is 13.8. The van der Waals surface area contributed by atoms with E-state index in [2.05, 4.69) is 4.72 Å². The molecular formula is C15H20ClF4N3O2S. The Morgan fingerprint density at radius 3 is 2.69 bits per heavy atom. The summed E-state index contributed by atoms with van der Waals surface area (Å²) < 4.78 is 78.8. The maximum Gasteiger partial charge on any atom is 0.401 e. The van der Waals surface area contributed by atoms with Gasteiger partial charge in [-0.25, -0.2) is 9.11 Å². The van der Waals surface area contributed by atoms with E-state index in [4.69, 9.17) is 11.6 Å². The van der Waals surface area contributed by atoms with Crippen molar-refractivity contribution in [2.24, 2.45) is 5.92 Å². The second-order valence-electron chi connectivity index (χ2n) is 6.31. The maximum atomic E-state index is 13.8. The van der Waals surface area contributed by atoms with Gasteiger partial charge in [0, 0.05) is 37.3 Å². The molecule has 1 unspecified atom stereocenters. The van der Waals surface area contributed by atoms with Gasteiger partial charge in [-0.1, -0.05) is 17.7 Å². The van der Waals surface area contributed by atoms with Crippen LogP contribution in [0.5, 0.6) is 0 Å². The average molecular weight is 418 g/mol. The highest BCUT2D eigenvalue weighted by Crippen LogP contribution is 2.23. The number of nitrogens with one attached hydrogen (secondary N) is 1. The minimum atomic E-state index is -4.27. The fraction of sp³-hybridized carbons (Fsp3) is 0.600. The van der Waals surface area contributed by atoms with E-state index in [-0.39, 0.29) is 42.7 Å². The Hall–Kier alpha value is -0.940. The Morgan fingerprint density at radius 1 is 1.38 bits per heavy atom. The second-order valence-corrected chi connectivity index (χ2v) is 8.58. The van der Waals surface area contributed by atoms with Crippen molar-refractivity contribution in [2.45, 2.75) is 19.1 Å². The van der Waals surface area contributed by atoms with Crippen LogP contribution in [0.4, 0.5) is 17.6 Å². The summed E-state index contributed by atoms with van der Waals surface area (Å²) in [5, 5.41) is 0.116. The summed E-state index contributed by atoms with van der Waals surface area (Å²) in [6.45, 7) is -0.795. The van der Waals surface area contributed by atoms with Gasteiger partial charge in [0.25, 0.3) is 10.2 Å². The van der Waals surface area contributed by atoms with Crippen molar-refractivity contribution < 1.29 is 26.0 Å². The fourth-order valence-electron chi connectivity index (χ4n) is 2.80. The van der Waals surface area contributed by atoms with Gasteiger partial charge < -0.3 is 0 Å². The smallest absolute Gasteiger partial charge is 0.295 e. The van der Waals surface area contributed by atoms with Gasteiger partial charge in [0.15, 0.2) is 0 Å². The van der Waals surface area contributed by atoms with Gasteiger partial charge in [-0.3, -0.25) is 4.90 Å². The van der Waals surface area contributed by atoms with E-state index in [9.17, 15) is 26.0 Å². The first-order valence-corrected chi connectivity index (χ1v) is 9.72.